The largest absolute Gasteiger partial charge is 0.334 e. The van der Waals surface area contributed by atoms with Crippen LogP contribution in [-0.2, 0) is 14.4 Å². The van der Waals surface area contributed by atoms with Gasteiger partial charge < -0.3 is 10.2 Å². The first-order valence-corrected chi connectivity index (χ1v) is 9.04. The molecule has 0 aromatic rings. The van der Waals surface area contributed by atoms with Gasteiger partial charge in [-0.05, 0) is 38.6 Å². The van der Waals surface area contributed by atoms with Crippen molar-refractivity contribution in [2.24, 2.45) is 11.8 Å². The first-order valence-electron chi connectivity index (χ1n) is 9.04. The number of amides is 3. The van der Waals surface area contributed by atoms with E-state index in [-0.39, 0.29) is 60.6 Å². The van der Waals surface area contributed by atoms with Crippen LogP contribution in [0.25, 0.3) is 0 Å². The van der Waals surface area contributed by atoms with Crippen molar-refractivity contribution in [2.75, 3.05) is 19.6 Å². The zero-order chi connectivity index (χ0) is 16.0. The molecule has 4 rings (SSSR count). The van der Waals surface area contributed by atoms with E-state index in [2.05, 4.69) is 5.32 Å². The molecule has 134 valence electrons. The molecule has 0 aromatic carbocycles. The maximum absolute atomic E-state index is 12.8. The fourth-order valence-corrected chi connectivity index (χ4v) is 4.99. The molecule has 3 heterocycles. The minimum atomic E-state index is -0.161. The number of nitrogens with zero attached hydrogens (tertiary/aromatic N) is 2. The van der Waals surface area contributed by atoms with Crippen molar-refractivity contribution in [3.63, 3.8) is 0 Å². The number of likely N-dealkylation sites (tertiary alicyclic amines) is 1. The van der Waals surface area contributed by atoms with Gasteiger partial charge in [0.25, 0.3) is 0 Å². The molecule has 1 aliphatic carbocycles. The molecule has 1 saturated carbocycles. The molecular formula is C17H26ClN3O3. The van der Waals surface area contributed by atoms with Gasteiger partial charge in [0.15, 0.2) is 0 Å². The van der Waals surface area contributed by atoms with E-state index in [1.807, 2.05) is 4.90 Å². The van der Waals surface area contributed by atoms with Crippen LogP contribution in [0.2, 0.25) is 0 Å². The molecular weight excluding hydrogens is 330 g/mol. The lowest BCUT2D eigenvalue weighted by Crippen LogP contribution is -2.48. The molecule has 0 aromatic heterocycles. The molecule has 7 heteroatoms. The van der Waals surface area contributed by atoms with Gasteiger partial charge in [-0.3, -0.25) is 19.3 Å². The predicted octanol–water partition coefficient (Wildman–Crippen LogP) is 0.936. The van der Waals surface area contributed by atoms with Gasteiger partial charge in [0, 0.05) is 18.6 Å². The van der Waals surface area contributed by atoms with Crippen LogP contribution in [-0.4, -0.2) is 59.2 Å². The lowest BCUT2D eigenvalue weighted by molar-refractivity contribution is -0.147. The number of halogens is 1. The maximum atomic E-state index is 12.8. The van der Waals surface area contributed by atoms with Crippen LogP contribution in [0.4, 0.5) is 0 Å². The van der Waals surface area contributed by atoms with Crippen molar-refractivity contribution >= 4 is 30.1 Å². The minimum Gasteiger partial charge on any atom is -0.334 e. The van der Waals surface area contributed by atoms with Crippen LogP contribution in [0.5, 0.6) is 0 Å². The summed E-state index contributed by atoms with van der Waals surface area (Å²) < 4.78 is 0. The van der Waals surface area contributed by atoms with Gasteiger partial charge in [-0.2, -0.15) is 0 Å². The number of carbonyl (C=O) groups is 3. The fourth-order valence-electron chi connectivity index (χ4n) is 4.99. The van der Waals surface area contributed by atoms with E-state index in [0.29, 0.717) is 0 Å². The summed E-state index contributed by atoms with van der Waals surface area (Å²) in [5.41, 5.74) is 0. The number of nitrogens with one attached hydrogen (secondary N) is 1. The minimum absolute atomic E-state index is 0. The van der Waals surface area contributed by atoms with Crippen molar-refractivity contribution < 1.29 is 14.4 Å². The molecule has 1 N–H and O–H groups in total. The van der Waals surface area contributed by atoms with E-state index >= 15 is 0 Å². The topological polar surface area (TPSA) is 69.7 Å². The number of hydrogen-bond acceptors (Lipinski definition) is 4. The second-order valence-electron chi connectivity index (χ2n) is 7.44. The molecule has 0 spiro atoms. The Morgan fingerprint density at radius 2 is 1.58 bits per heavy atom. The Balaban J connectivity index is 0.00000169. The van der Waals surface area contributed by atoms with Gasteiger partial charge in [-0.1, -0.05) is 12.8 Å². The van der Waals surface area contributed by atoms with E-state index in [9.17, 15) is 14.4 Å². The van der Waals surface area contributed by atoms with Crippen LogP contribution in [0.15, 0.2) is 0 Å². The number of fused-ring (bicyclic) bond motifs is 3. The van der Waals surface area contributed by atoms with Crippen molar-refractivity contribution in [1.82, 2.24) is 15.1 Å². The van der Waals surface area contributed by atoms with Gasteiger partial charge in [0.2, 0.25) is 17.7 Å². The fraction of sp³-hybridized carbons (Fsp3) is 0.824. The molecule has 4 unspecified atom stereocenters. The summed E-state index contributed by atoms with van der Waals surface area (Å²) >= 11 is 0. The van der Waals surface area contributed by atoms with E-state index in [1.165, 1.54) is 4.90 Å². The predicted molar refractivity (Wildman–Crippen MR) is 90.6 cm³/mol. The molecule has 4 fully saturated rings. The highest BCUT2D eigenvalue weighted by molar-refractivity contribution is 6.07. The molecule has 3 aliphatic heterocycles. The second kappa shape index (κ2) is 7.00. The second-order valence-corrected chi connectivity index (χ2v) is 7.44. The smallest absolute Gasteiger partial charge is 0.243 e. The summed E-state index contributed by atoms with van der Waals surface area (Å²) in [6.07, 6.45) is 6.68. The third kappa shape index (κ3) is 2.84. The summed E-state index contributed by atoms with van der Waals surface area (Å²) in [7, 11) is 0. The Labute approximate surface area is 148 Å². The van der Waals surface area contributed by atoms with Crippen LogP contribution in [0.1, 0.15) is 44.9 Å². The summed E-state index contributed by atoms with van der Waals surface area (Å²) in [5.74, 6) is -0.568. The normalized spacial score (nSPS) is 35.5. The maximum Gasteiger partial charge on any atom is 0.243 e. The third-order valence-corrected chi connectivity index (χ3v) is 6.17. The Bertz CT molecular complexity index is 503. The lowest BCUT2D eigenvalue weighted by Gasteiger charge is -2.29. The molecule has 4 atom stereocenters. The Morgan fingerprint density at radius 3 is 2.25 bits per heavy atom. The van der Waals surface area contributed by atoms with E-state index in [4.69, 9.17) is 0 Å². The zero-order valence-corrected chi connectivity index (χ0v) is 14.7. The van der Waals surface area contributed by atoms with Gasteiger partial charge in [-0.15, -0.1) is 12.4 Å². The number of hydrogen-bond donors (Lipinski definition) is 1. The van der Waals surface area contributed by atoms with Gasteiger partial charge in [-0.25, -0.2) is 0 Å². The Kier molecular flexibility index (Phi) is 5.16. The average Bonchev–Trinajstić information content (AvgIpc) is 2.95. The quantitative estimate of drug-likeness (QED) is 0.748. The Hall–Kier alpha value is -1.14. The molecule has 4 aliphatic rings. The summed E-state index contributed by atoms with van der Waals surface area (Å²) in [6, 6.07) is 0.502. The van der Waals surface area contributed by atoms with Crippen LogP contribution < -0.4 is 5.32 Å². The monoisotopic (exact) mass is 355 g/mol. The molecule has 3 amide bonds. The van der Waals surface area contributed by atoms with Gasteiger partial charge in [0.1, 0.15) is 6.54 Å². The summed E-state index contributed by atoms with van der Waals surface area (Å²) in [6.45, 7) is 1.73. The standard InChI is InChI=1S/C17H25N3O3.ClH/c21-15(20-11-5-6-12(20)9-18-8-7-11)10-19-16(22)13-3-1-2-4-14(13)17(19)23;/h11-14,18H,1-10H2;1H. The first-order chi connectivity index (χ1) is 11.2. The van der Waals surface area contributed by atoms with E-state index in [1.54, 1.807) is 0 Å². The molecule has 0 radical (unpaired) electrons. The summed E-state index contributed by atoms with van der Waals surface area (Å²) in [5, 5.41) is 3.37. The van der Waals surface area contributed by atoms with Crippen molar-refractivity contribution in [3.8, 4) is 0 Å². The van der Waals surface area contributed by atoms with Crippen molar-refractivity contribution in [1.29, 1.82) is 0 Å². The van der Waals surface area contributed by atoms with Crippen molar-refractivity contribution in [3.05, 3.63) is 0 Å². The SMILES string of the molecule is Cl.O=C1C2CCCCC2C(=O)N1CC(=O)N1C2CCNCC1CC2. The number of imide groups is 1. The highest BCUT2D eigenvalue weighted by atomic mass is 35.5. The first kappa shape index (κ1) is 17.7. The van der Waals surface area contributed by atoms with Gasteiger partial charge >= 0.3 is 0 Å². The summed E-state index contributed by atoms with van der Waals surface area (Å²) in [4.78, 5) is 41.1. The average molecular weight is 356 g/mol. The van der Waals surface area contributed by atoms with Crippen molar-refractivity contribution in [2.45, 2.75) is 57.0 Å². The third-order valence-electron chi connectivity index (χ3n) is 6.17. The zero-order valence-electron chi connectivity index (χ0n) is 13.9. The molecule has 2 bridgehead atoms. The molecule has 24 heavy (non-hydrogen) atoms. The van der Waals surface area contributed by atoms with Gasteiger partial charge in [0.05, 0.1) is 11.8 Å². The van der Waals surface area contributed by atoms with Crippen LogP contribution in [0, 0.1) is 11.8 Å². The number of carbonyl (C=O) groups excluding carboxylic acids is 3. The lowest BCUT2D eigenvalue weighted by atomic mass is 9.81. The van der Waals surface area contributed by atoms with Crippen LogP contribution >= 0.6 is 12.4 Å². The number of rotatable bonds is 2. The Morgan fingerprint density at radius 1 is 0.958 bits per heavy atom. The highest BCUT2D eigenvalue weighted by Crippen LogP contribution is 2.38. The molecule has 6 nitrogen and oxygen atoms in total. The highest BCUT2D eigenvalue weighted by Gasteiger charge is 2.49. The van der Waals surface area contributed by atoms with E-state index in [0.717, 1.165) is 58.0 Å². The van der Waals surface area contributed by atoms with E-state index < -0.39 is 0 Å². The molecule has 3 saturated heterocycles. The van der Waals surface area contributed by atoms with Crippen LogP contribution in [0.3, 0.4) is 0 Å².